The van der Waals surface area contributed by atoms with Crippen LogP contribution in [0.1, 0.15) is 47.0 Å². The molecule has 0 saturated carbocycles. The highest BCUT2D eigenvalue weighted by Gasteiger charge is 2.27. The molecule has 2 N–H and O–H groups in total. The maximum Gasteiger partial charge on any atom is 0.259 e. The second kappa shape index (κ2) is 8.20. The van der Waals surface area contributed by atoms with Crippen LogP contribution in [0.25, 0.3) is 10.2 Å². The van der Waals surface area contributed by atoms with E-state index in [1.807, 2.05) is 6.07 Å². The number of carbonyl (C=O) groups excluding carboxylic acids is 2. The van der Waals surface area contributed by atoms with E-state index in [-0.39, 0.29) is 23.9 Å². The Hall–Kier alpha value is -3.51. The molecule has 1 aliphatic carbocycles. The summed E-state index contributed by atoms with van der Waals surface area (Å²) >= 11 is 1.48. The van der Waals surface area contributed by atoms with Crippen molar-refractivity contribution in [1.82, 2.24) is 9.97 Å². The van der Waals surface area contributed by atoms with E-state index in [4.69, 9.17) is 4.74 Å². The number of H-pyrrole nitrogens is 1. The maximum atomic E-state index is 12.8. The minimum atomic E-state index is -1.22. The Bertz CT molecular complexity index is 1350. The number of rotatable bonds is 5. The van der Waals surface area contributed by atoms with Gasteiger partial charge in [0.25, 0.3) is 5.56 Å². The van der Waals surface area contributed by atoms with Gasteiger partial charge in [0.15, 0.2) is 11.7 Å². The van der Waals surface area contributed by atoms with E-state index >= 15 is 0 Å². The van der Waals surface area contributed by atoms with E-state index in [1.54, 1.807) is 18.2 Å². The van der Waals surface area contributed by atoms with Gasteiger partial charge in [-0.25, -0.2) is 4.98 Å². The fourth-order valence-electron chi connectivity index (χ4n) is 4.29. The van der Waals surface area contributed by atoms with Gasteiger partial charge in [0.1, 0.15) is 23.0 Å². The largest absolute Gasteiger partial charge is 0.486 e. The van der Waals surface area contributed by atoms with Crippen molar-refractivity contribution in [3.05, 3.63) is 50.4 Å². The van der Waals surface area contributed by atoms with Crippen molar-refractivity contribution in [3.63, 3.8) is 0 Å². The third kappa shape index (κ3) is 3.67. The number of hydrogen-bond donors (Lipinski definition) is 2. The molecular weight excluding hydrogens is 428 g/mol. The molecule has 0 fully saturated rings. The normalized spacial score (nSPS) is 15.9. The van der Waals surface area contributed by atoms with Crippen LogP contribution >= 0.6 is 11.3 Å². The summed E-state index contributed by atoms with van der Waals surface area (Å²) in [5, 5.41) is 13.0. The van der Waals surface area contributed by atoms with Gasteiger partial charge in [-0.15, -0.1) is 11.3 Å². The van der Waals surface area contributed by atoms with E-state index in [2.05, 4.69) is 15.3 Å². The summed E-state index contributed by atoms with van der Waals surface area (Å²) in [6.45, 7) is -0.327. The summed E-state index contributed by atoms with van der Waals surface area (Å²) in [6.07, 6.45) is 4.94. The Balaban J connectivity index is 1.35. The molecule has 0 spiro atoms. The summed E-state index contributed by atoms with van der Waals surface area (Å²) in [7, 11) is 0. The van der Waals surface area contributed by atoms with Crippen molar-refractivity contribution < 1.29 is 14.3 Å². The fourth-order valence-corrected chi connectivity index (χ4v) is 5.56. The van der Waals surface area contributed by atoms with Crippen LogP contribution in [-0.4, -0.2) is 28.3 Å². The third-order valence-electron chi connectivity index (χ3n) is 5.92. The number of thiophene rings is 1. The van der Waals surface area contributed by atoms with Gasteiger partial charge in [0.05, 0.1) is 11.5 Å². The van der Waals surface area contributed by atoms with Crippen LogP contribution < -0.4 is 15.6 Å². The van der Waals surface area contributed by atoms with Crippen molar-refractivity contribution in [2.75, 3.05) is 11.9 Å². The number of aromatic amines is 1. The van der Waals surface area contributed by atoms with Crippen LogP contribution in [0.15, 0.2) is 23.0 Å². The minimum Gasteiger partial charge on any atom is -0.486 e. The monoisotopic (exact) mass is 448 g/mol. The predicted octanol–water partition coefficient (Wildman–Crippen LogP) is 3.00. The molecule has 1 aromatic carbocycles. The standard InChI is InChI=1S/C23H20N4O4S/c24-10-15(17(28)11-31-13-6-7-16-12(9-13)5-8-19(29)25-16)21-26-22(30)20-14-3-1-2-4-18(14)32-23(20)27-21/h6-7,9,15H,1-5,8,11H2,(H,25,29)(H,26,27,30)/t15-/m1/s1. The molecule has 162 valence electrons. The van der Waals surface area contributed by atoms with E-state index in [0.29, 0.717) is 28.8 Å². The molecule has 0 saturated heterocycles. The number of fused-ring (bicyclic) bond motifs is 4. The third-order valence-corrected chi connectivity index (χ3v) is 7.11. The molecule has 1 aliphatic heterocycles. The topological polar surface area (TPSA) is 125 Å². The maximum absolute atomic E-state index is 12.8. The molecule has 9 heteroatoms. The van der Waals surface area contributed by atoms with Crippen molar-refractivity contribution in [2.24, 2.45) is 0 Å². The Labute approximate surface area is 187 Å². The van der Waals surface area contributed by atoms with E-state index < -0.39 is 11.7 Å². The van der Waals surface area contributed by atoms with Gasteiger partial charge in [0, 0.05) is 17.0 Å². The first-order valence-electron chi connectivity index (χ1n) is 10.6. The number of nitriles is 1. The SMILES string of the molecule is N#C[C@H](C(=O)COc1ccc2c(c1)CCC(=O)N2)c1nc2sc3c(c2c(=O)[nH]1)CCCC3. The lowest BCUT2D eigenvalue weighted by Gasteiger charge is -2.17. The zero-order valence-electron chi connectivity index (χ0n) is 17.2. The summed E-state index contributed by atoms with van der Waals surface area (Å²) in [6, 6.07) is 7.15. The van der Waals surface area contributed by atoms with Crippen LogP contribution in [-0.2, 0) is 28.9 Å². The first-order chi connectivity index (χ1) is 15.5. The van der Waals surface area contributed by atoms with Crippen LogP contribution in [0, 0.1) is 11.3 Å². The number of Topliss-reactive ketones (excluding diaryl/α,β-unsaturated/α-hetero) is 1. The number of amides is 1. The molecule has 1 atom stereocenters. The van der Waals surface area contributed by atoms with Crippen molar-refractivity contribution in [2.45, 2.75) is 44.4 Å². The highest BCUT2D eigenvalue weighted by Crippen LogP contribution is 2.34. The van der Waals surface area contributed by atoms with E-state index in [0.717, 1.165) is 42.5 Å². The van der Waals surface area contributed by atoms with Crippen LogP contribution in [0.2, 0.25) is 0 Å². The van der Waals surface area contributed by atoms with Gasteiger partial charge in [-0.05, 0) is 61.4 Å². The number of carbonyl (C=O) groups is 2. The number of ketones is 1. The number of nitrogens with one attached hydrogen (secondary N) is 2. The molecule has 8 nitrogen and oxygen atoms in total. The second-order valence-electron chi connectivity index (χ2n) is 8.03. The summed E-state index contributed by atoms with van der Waals surface area (Å²) in [5.74, 6) is -1.19. The summed E-state index contributed by atoms with van der Waals surface area (Å²) in [4.78, 5) is 45.9. The molecule has 3 aromatic rings. The van der Waals surface area contributed by atoms with E-state index in [1.165, 1.54) is 16.2 Å². The van der Waals surface area contributed by atoms with Gasteiger partial charge in [0.2, 0.25) is 5.91 Å². The Morgan fingerprint density at radius 1 is 1.22 bits per heavy atom. The smallest absolute Gasteiger partial charge is 0.259 e. The molecule has 0 bridgehead atoms. The fraction of sp³-hybridized carbons (Fsp3) is 0.348. The number of benzene rings is 1. The number of aryl methyl sites for hydroxylation is 3. The van der Waals surface area contributed by atoms with Gasteiger partial charge in [-0.2, -0.15) is 5.26 Å². The molecule has 5 rings (SSSR count). The Morgan fingerprint density at radius 2 is 2.06 bits per heavy atom. The van der Waals surface area contributed by atoms with Gasteiger partial charge in [-0.1, -0.05) is 0 Å². The molecular formula is C23H20N4O4S. The van der Waals surface area contributed by atoms with Crippen molar-refractivity contribution in [1.29, 1.82) is 5.26 Å². The number of ether oxygens (including phenoxy) is 1. The number of anilines is 1. The Morgan fingerprint density at radius 3 is 2.91 bits per heavy atom. The number of hydrogen-bond acceptors (Lipinski definition) is 7. The zero-order valence-corrected chi connectivity index (χ0v) is 18.0. The van der Waals surface area contributed by atoms with Crippen LogP contribution in [0.3, 0.4) is 0 Å². The van der Waals surface area contributed by atoms with Crippen LogP contribution in [0.5, 0.6) is 5.75 Å². The predicted molar refractivity (Wildman–Crippen MR) is 119 cm³/mol. The first-order valence-corrected chi connectivity index (χ1v) is 11.4. The zero-order chi connectivity index (χ0) is 22.2. The molecule has 0 radical (unpaired) electrons. The van der Waals surface area contributed by atoms with Gasteiger partial charge in [-0.3, -0.25) is 14.4 Å². The van der Waals surface area contributed by atoms with Gasteiger partial charge >= 0.3 is 0 Å². The summed E-state index contributed by atoms with van der Waals surface area (Å²) in [5.41, 5.74) is 2.44. The second-order valence-corrected chi connectivity index (χ2v) is 9.11. The molecule has 3 heterocycles. The lowest BCUT2D eigenvalue weighted by molar-refractivity contribution is -0.121. The molecule has 1 amide bonds. The molecule has 2 aromatic heterocycles. The highest BCUT2D eigenvalue weighted by atomic mass is 32.1. The molecule has 32 heavy (non-hydrogen) atoms. The van der Waals surface area contributed by atoms with E-state index in [9.17, 15) is 19.6 Å². The summed E-state index contributed by atoms with van der Waals surface area (Å²) < 4.78 is 5.62. The van der Waals surface area contributed by atoms with Gasteiger partial charge < -0.3 is 15.0 Å². The molecule has 0 unspecified atom stereocenters. The van der Waals surface area contributed by atoms with Crippen molar-refractivity contribution in [3.8, 4) is 11.8 Å². The number of aromatic nitrogens is 2. The molecule has 2 aliphatic rings. The minimum absolute atomic E-state index is 0.0248. The van der Waals surface area contributed by atoms with Crippen LogP contribution in [0.4, 0.5) is 5.69 Å². The highest BCUT2D eigenvalue weighted by molar-refractivity contribution is 7.18. The quantitative estimate of drug-likeness (QED) is 0.618. The first kappa shape index (κ1) is 20.4. The average Bonchev–Trinajstić information content (AvgIpc) is 3.17. The van der Waals surface area contributed by atoms with Crippen molar-refractivity contribution >= 4 is 38.9 Å². The lowest BCUT2D eigenvalue weighted by Crippen LogP contribution is -2.24. The Kier molecular flexibility index (Phi) is 5.23. The average molecular weight is 449 g/mol. The lowest BCUT2D eigenvalue weighted by atomic mass is 9.97. The number of nitrogens with zero attached hydrogens (tertiary/aromatic N) is 2.